The van der Waals surface area contributed by atoms with Gasteiger partial charge in [-0.05, 0) is 30.5 Å². The lowest BCUT2D eigenvalue weighted by Gasteiger charge is -2.05. The fourth-order valence-electron chi connectivity index (χ4n) is 0.995. The third kappa shape index (κ3) is 3.21. The molecule has 1 heterocycles. The number of carboxylic acid groups (broad SMARTS) is 1. The van der Waals surface area contributed by atoms with E-state index >= 15 is 0 Å². The highest BCUT2D eigenvalue weighted by molar-refractivity contribution is 5.73. The monoisotopic (exact) mass is 180 g/mol. The predicted octanol–water partition coefficient (Wildman–Crippen LogP) is 0.426. The van der Waals surface area contributed by atoms with E-state index in [9.17, 15) is 4.79 Å². The summed E-state index contributed by atoms with van der Waals surface area (Å²) in [7, 11) is 0. The molecule has 0 unspecified atom stereocenters. The molecular formula is C9H12N2O2. The van der Waals surface area contributed by atoms with Crippen LogP contribution in [0.25, 0.3) is 0 Å². The molecule has 0 saturated carbocycles. The van der Waals surface area contributed by atoms with Gasteiger partial charge in [-0.1, -0.05) is 0 Å². The smallest absolute Gasteiger partial charge is 0.320 e. The summed E-state index contributed by atoms with van der Waals surface area (Å²) in [6, 6.07) is 2.94. The topological polar surface area (TPSA) is 76.2 Å². The molecule has 1 aromatic rings. The summed E-state index contributed by atoms with van der Waals surface area (Å²) in [6.45, 7) is 0. The number of pyridine rings is 1. The van der Waals surface area contributed by atoms with Crippen molar-refractivity contribution >= 4 is 5.97 Å². The number of aryl methyl sites for hydroxylation is 1. The molecule has 0 aliphatic rings. The zero-order valence-corrected chi connectivity index (χ0v) is 7.18. The first-order valence-corrected chi connectivity index (χ1v) is 4.07. The molecule has 1 rings (SSSR count). The molecule has 4 nitrogen and oxygen atoms in total. The van der Waals surface area contributed by atoms with Gasteiger partial charge in [0.1, 0.15) is 6.04 Å². The van der Waals surface area contributed by atoms with Crippen LogP contribution in [0.15, 0.2) is 24.5 Å². The van der Waals surface area contributed by atoms with Gasteiger partial charge in [0.2, 0.25) is 0 Å². The van der Waals surface area contributed by atoms with E-state index in [0.717, 1.165) is 5.56 Å². The Morgan fingerprint density at radius 3 is 2.69 bits per heavy atom. The van der Waals surface area contributed by atoms with E-state index < -0.39 is 12.0 Å². The van der Waals surface area contributed by atoms with Crippen molar-refractivity contribution in [3.8, 4) is 0 Å². The molecular weight excluding hydrogens is 168 g/mol. The van der Waals surface area contributed by atoms with Gasteiger partial charge in [-0.3, -0.25) is 9.78 Å². The van der Waals surface area contributed by atoms with Crippen molar-refractivity contribution in [3.63, 3.8) is 0 Å². The Morgan fingerprint density at radius 2 is 2.15 bits per heavy atom. The second kappa shape index (κ2) is 4.57. The largest absolute Gasteiger partial charge is 0.480 e. The number of carbonyl (C=O) groups is 1. The van der Waals surface area contributed by atoms with Gasteiger partial charge in [0, 0.05) is 12.4 Å². The highest BCUT2D eigenvalue weighted by Gasteiger charge is 2.10. The summed E-state index contributed by atoms with van der Waals surface area (Å²) >= 11 is 0. The molecule has 0 bridgehead atoms. The quantitative estimate of drug-likeness (QED) is 0.704. The SMILES string of the molecule is N[C@@H](CCc1ccncc1)C(=O)O. The van der Waals surface area contributed by atoms with Crippen LogP contribution in [0.2, 0.25) is 0 Å². The van der Waals surface area contributed by atoms with Crippen LogP contribution >= 0.6 is 0 Å². The minimum Gasteiger partial charge on any atom is -0.480 e. The molecule has 1 atom stereocenters. The van der Waals surface area contributed by atoms with Crippen LogP contribution in [0.1, 0.15) is 12.0 Å². The summed E-state index contributed by atoms with van der Waals surface area (Å²) in [5.41, 5.74) is 6.41. The first-order chi connectivity index (χ1) is 6.20. The lowest BCUT2D eigenvalue weighted by Crippen LogP contribution is -2.30. The van der Waals surface area contributed by atoms with Gasteiger partial charge in [-0.25, -0.2) is 0 Å². The molecule has 4 heteroatoms. The number of hydrogen-bond acceptors (Lipinski definition) is 3. The van der Waals surface area contributed by atoms with E-state index in [0.29, 0.717) is 12.8 Å². The van der Waals surface area contributed by atoms with Gasteiger partial charge in [0.25, 0.3) is 0 Å². The van der Waals surface area contributed by atoms with Gasteiger partial charge in [-0.2, -0.15) is 0 Å². The first-order valence-electron chi connectivity index (χ1n) is 4.07. The second-order valence-corrected chi connectivity index (χ2v) is 2.84. The molecule has 0 aliphatic carbocycles. The number of nitrogens with zero attached hydrogens (tertiary/aromatic N) is 1. The molecule has 0 aliphatic heterocycles. The summed E-state index contributed by atoms with van der Waals surface area (Å²) in [6.07, 6.45) is 4.50. The first kappa shape index (κ1) is 9.67. The summed E-state index contributed by atoms with van der Waals surface area (Å²) in [5.74, 6) is -0.950. The van der Waals surface area contributed by atoms with E-state index in [1.54, 1.807) is 12.4 Å². The van der Waals surface area contributed by atoms with E-state index in [4.69, 9.17) is 10.8 Å². The van der Waals surface area contributed by atoms with Crippen LogP contribution in [0.4, 0.5) is 0 Å². The van der Waals surface area contributed by atoms with Gasteiger partial charge in [0.15, 0.2) is 0 Å². The molecule has 0 saturated heterocycles. The second-order valence-electron chi connectivity index (χ2n) is 2.84. The third-order valence-electron chi connectivity index (χ3n) is 1.81. The molecule has 0 aromatic carbocycles. The van der Waals surface area contributed by atoms with E-state index in [1.165, 1.54) is 0 Å². The Balaban J connectivity index is 2.39. The van der Waals surface area contributed by atoms with Crippen molar-refractivity contribution in [2.24, 2.45) is 5.73 Å². The van der Waals surface area contributed by atoms with Gasteiger partial charge in [0.05, 0.1) is 0 Å². The van der Waals surface area contributed by atoms with Crippen molar-refractivity contribution in [3.05, 3.63) is 30.1 Å². The van der Waals surface area contributed by atoms with Crippen molar-refractivity contribution in [2.75, 3.05) is 0 Å². The van der Waals surface area contributed by atoms with Crippen molar-refractivity contribution < 1.29 is 9.90 Å². The summed E-state index contributed by atoms with van der Waals surface area (Å²) < 4.78 is 0. The predicted molar refractivity (Wildman–Crippen MR) is 48.2 cm³/mol. The number of aliphatic carboxylic acids is 1. The summed E-state index contributed by atoms with van der Waals surface area (Å²) in [4.78, 5) is 14.2. The number of carboxylic acids is 1. The van der Waals surface area contributed by atoms with Gasteiger partial charge < -0.3 is 10.8 Å². The van der Waals surface area contributed by atoms with Crippen LogP contribution < -0.4 is 5.73 Å². The number of nitrogens with two attached hydrogens (primary N) is 1. The Morgan fingerprint density at radius 1 is 1.54 bits per heavy atom. The Kier molecular flexibility index (Phi) is 3.40. The van der Waals surface area contributed by atoms with E-state index in [-0.39, 0.29) is 0 Å². The normalized spacial score (nSPS) is 12.4. The zero-order valence-electron chi connectivity index (χ0n) is 7.18. The molecule has 0 spiro atoms. The number of hydrogen-bond donors (Lipinski definition) is 2. The minimum atomic E-state index is -0.950. The van der Waals surface area contributed by atoms with Crippen molar-refractivity contribution in [1.82, 2.24) is 4.98 Å². The van der Waals surface area contributed by atoms with Crippen LogP contribution in [-0.4, -0.2) is 22.1 Å². The number of rotatable bonds is 4. The minimum absolute atomic E-state index is 0.458. The third-order valence-corrected chi connectivity index (χ3v) is 1.81. The van der Waals surface area contributed by atoms with Gasteiger partial charge in [-0.15, -0.1) is 0 Å². The van der Waals surface area contributed by atoms with Crippen molar-refractivity contribution in [2.45, 2.75) is 18.9 Å². The van der Waals surface area contributed by atoms with E-state index in [1.807, 2.05) is 12.1 Å². The van der Waals surface area contributed by atoms with Crippen molar-refractivity contribution in [1.29, 1.82) is 0 Å². The highest BCUT2D eigenvalue weighted by atomic mass is 16.4. The average molecular weight is 180 g/mol. The summed E-state index contributed by atoms with van der Waals surface area (Å²) in [5, 5.41) is 8.52. The Labute approximate surface area is 76.4 Å². The van der Waals surface area contributed by atoms with Gasteiger partial charge >= 0.3 is 5.97 Å². The average Bonchev–Trinajstić information content (AvgIpc) is 2.15. The molecule has 3 N–H and O–H groups in total. The molecule has 13 heavy (non-hydrogen) atoms. The van der Waals surface area contributed by atoms with Crippen LogP contribution in [0, 0.1) is 0 Å². The lowest BCUT2D eigenvalue weighted by atomic mass is 10.1. The molecule has 1 aromatic heterocycles. The fourth-order valence-corrected chi connectivity index (χ4v) is 0.995. The van der Waals surface area contributed by atoms with Crippen LogP contribution in [0.3, 0.4) is 0 Å². The zero-order chi connectivity index (χ0) is 9.68. The molecule has 0 amide bonds. The molecule has 70 valence electrons. The lowest BCUT2D eigenvalue weighted by molar-refractivity contribution is -0.138. The van der Waals surface area contributed by atoms with Crippen LogP contribution in [-0.2, 0) is 11.2 Å². The fraction of sp³-hybridized carbons (Fsp3) is 0.333. The molecule has 0 fully saturated rings. The highest BCUT2D eigenvalue weighted by Crippen LogP contribution is 2.02. The maximum atomic E-state index is 10.4. The standard InChI is InChI=1S/C9H12N2O2/c10-8(9(12)13)2-1-7-3-5-11-6-4-7/h3-6,8H,1-2,10H2,(H,12,13)/t8-/m0/s1. The number of aromatic nitrogens is 1. The molecule has 0 radical (unpaired) electrons. The Bertz CT molecular complexity index is 274. The maximum absolute atomic E-state index is 10.4. The van der Waals surface area contributed by atoms with E-state index in [2.05, 4.69) is 4.98 Å². The maximum Gasteiger partial charge on any atom is 0.320 e. The Hall–Kier alpha value is -1.42. The van der Waals surface area contributed by atoms with Crippen LogP contribution in [0.5, 0.6) is 0 Å².